The van der Waals surface area contributed by atoms with Crippen LogP contribution in [0.3, 0.4) is 0 Å². The van der Waals surface area contributed by atoms with Gasteiger partial charge in [0.15, 0.2) is 0 Å². The topological polar surface area (TPSA) is 0 Å². The Morgan fingerprint density at radius 3 is 1.00 bits per heavy atom. The van der Waals surface area contributed by atoms with E-state index in [0.29, 0.717) is 0 Å². The fourth-order valence-corrected chi connectivity index (χ4v) is 0. The Morgan fingerprint density at radius 2 is 1.00 bits per heavy atom. The van der Waals surface area contributed by atoms with Gasteiger partial charge in [-0.2, -0.15) is 0 Å². The molecule has 0 N–H and O–H groups in total. The zero-order valence-electron chi connectivity index (χ0n) is 1.58. The normalized spacial score (nSPS) is 9.00. The third-order valence-corrected chi connectivity index (χ3v) is 0. The summed E-state index contributed by atoms with van der Waals surface area (Å²) in [6, 6.07) is 0. The molecule has 0 saturated heterocycles. The van der Waals surface area contributed by atoms with Gasteiger partial charge in [-0.3, -0.25) is 0 Å². The van der Waals surface area contributed by atoms with Gasteiger partial charge < -0.3 is 0 Å². The van der Waals surface area contributed by atoms with Crippen LogP contribution in [0.15, 0.2) is 0 Å². The van der Waals surface area contributed by atoms with Gasteiger partial charge in [0.05, 0.1) is 0 Å². The first-order chi connectivity index (χ1) is 1.73. The molecule has 0 aliphatic heterocycles. The molecule has 0 amide bonds. The Kier molecular flexibility index (Phi) is 6.69. The molecular weight excluding hydrogens is 432 g/mol. The third-order valence-electron chi connectivity index (χ3n) is 0. The standard InChI is InChI=1S/3HI.V/h3*1H;/q;;;+3/p-3. The Bertz CT molecular complexity index is 8.00. The summed E-state index contributed by atoms with van der Waals surface area (Å²) in [7, 11) is 0. The molecule has 4 heavy (non-hydrogen) atoms. The van der Waals surface area contributed by atoms with Crippen LogP contribution >= 0.6 is 59.9 Å². The van der Waals surface area contributed by atoms with Crippen LogP contribution < -0.4 is 0 Å². The molecule has 0 atom stereocenters. The molecular formula is I3V. The average Bonchev–Trinajstić information content (AvgIpc) is 0.811. The van der Waals surface area contributed by atoms with Crippen molar-refractivity contribution in [3.05, 3.63) is 0 Å². The predicted molar refractivity (Wildman–Crippen MR) is 42.1 cm³/mol. The molecule has 0 aromatic rings. The van der Waals surface area contributed by atoms with Crippen LogP contribution in [-0.2, 0) is 4.92 Å². The van der Waals surface area contributed by atoms with Crippen molar-refractivity contribution in [1.29, 1.82) is 0 Å². The Balaban J connectivity index is 2.32. The quantitative estimate of drug-likeness (QED) is 0.518. The summed E-state index contributed by atoms with van der Waals surface area (Å²) in [5, 5.41) is 0. The molecule has 0 unspecified atom stereocenters. The molecule has 0 aromatic heterocycles. The van der Waals surface area contributed by atoms with Crippen LogP contribution in [0, 0.1) is 0 Å². The Labute approximate surface area is 63.2 Å². The molecule has 0 saturated carbocycles. The summed E-state index contributed by atoms with van der Waals surface area (Å²) in [6.07, 6.45) is 0. The van der Waals surface area contributed by atoms with E-state index < -0.39 is 0 Å². The van der Waals surface area contributed by atoms with Gasteiger partial charge in [0.2, 0.25) is 0 Å². The maximum absolute atomic E-state index is 2.46. The van der Waals surface area contributed by atoms with Crippen LogP contribution in [0.1, 0.15) is 0 Å². The zero-order chi connectivity index (χ0) is 3.58. The van der Waals surface area contributed by atoms with Gasteiger partial charge >= 0.3 is 64.9 Å². The van der Waals surface area contributed by atoms with Gasteiger partial charge in [-0.25, -0.2) is 0 Å². The molecule has 0 aliphatic rings. The van der Waals surface area contributed by atoms with Gasteiger partial charge in [-0.05, 0) is 0 Å². The van der Waals surface area contributed by atoms with Crippen molar-refractivity contribution in [2.45, 2.75) is 0 Å². The van der Waals surface area contributed by atoms with E-state index in [-0.39, 0.29) is 4.92 Å². The molecule has 0 rings (SSSR count). The van der Waals surface area contributed by atoms with E-state index >= 15 is 0 Å². The van der Waals surface area contributed by atoms with Crippen molar-refractivity contribution in [3.63, 3.8) is 0 Å². The van der Waals surface area contributed by atoms with Crippen LogP contribution in [-0.4, -0.2) is 0 Å². The van der Waals surface area contributed by atoms with Gasteiger partial charge in [-0.15, -0.1) is 0 Å². The van der Waals surface area contributed by atoms with E-state index in [1.54, 1.807) is 0 Å². The minimum absolute atomic E-state index is 0.278. The molecule has 0 nitrogen and oxygen atoms in total. The maximum atomic E-state index is 2.46. The van der Waals surface area contributed by atoms with E-state index in [4.69, 9.17) is 0 Å². The third kappa shape index (κ3) is 8.84. The fourth-order valence-electron chi connectivity index (χ4n) is 0. The minimum atomic E-state index is -0.278. The van der Waals surface area contributed by atoms with Crippen molar-refractivity contribution in [1.82, 2.24) is 0 Å². The van der Waals surface area contributed by atoms with E-state index in [9.17, 15) is 0 Å². The number of hydrogen-bond donors (Lipinski definition) is 0. The molecule has 0 fully saturated rings. The molecule has 4 heteroatoms. The second-order valence-corrected chi connectivity index (χ2v) is 35.6. The fraction of sp³-hybridized carbons (Fsp3) is 0. The van der Waals surface area contributed by atoms with Crippen molar-refractivity contribution in [3.8, 4) is 0 Å². The molecule has 26 valence electrons. The summed E-state index contributed by atoms with van der Waals surface area (Å²) >= 11 is 7.39. The molecule has 0 bridgehead atoms. The van der Waals surface area contributed by atoms with E-state index in [1.807, 2.05) is 0 Å². The van der Waals surface area contributed by atoms with Crippen molar-refractivity contribution in [2.24, 2.45) is 0 Å². The van der Waals surface area contributed by atoms with Crippen LogP contribution in [0.2, 0.25) is 0 Å². The first-order valence-electron chi connectivity index (χ1n) is 0.507. The number of hydrogen-bond acceptors (Lipinski definition) is 0. The first kappa shape index (κ1) is 6.77. The van der Waals surface area contributed by atoms with Crippen LogP contribution in [0.4, 0.5) is 0 Å². The molecule has 0 aromatic carbocycles. The van der Waals surface area contributed by atoms with E-state index in [2.05, 4.69) is 59.9 Å². The van der Waals surface area contributed by atoms with E-state index in [1.165, 1.54) is 0 Å². The summed E-state index contributed by atoms with van der Waals surface area (Å²) in [4.78, 5) is -0.278. The number of halogens is 3. The van der Waals surface area contributed by atoms with Gasteiger partial charge in [0.1, 0.15) is 0 Å². The first-order valence-corrected chi connectivity index (χ1v) is 14.0. The van der Waals surface area contributed by atoms with Gasteiger partial charge in [-0.1, -0.05) is 0 Å². The summed E-state index contributed by atoms with van der Waals surface area (Å²) < 4.78 is 0. The van der Waals surface area contributed by atoms with E-state index in [0.717, 1.165) is 0 Å². The Morgan fingerprint density at radius 1 is 1.00 bits per heavy atom. The second-order valence-electron chi connectivity index (χ2n) is 0.192. The van der Waals surface area contributed by atoms with Gasteiger partial charge in [0, 0.05) is 0 Å². The molecule has 0 spiro atoms. The summed E-state index contributed by atoms with van der Waals surface area (Å²) in [5.74, 6) is 0. The van der Waals surface area contributed by atoms with Crippen molar-refractivity contribution >= 4 is 59.9 Å². The predicted octanol–water partition coefficient (Wildman–Crippen LogP) is 2.65. The van der Waals surface area contributed by atoms with Crippen LogP contribution in [0.5, 0.6) is 0 Å². The summed E-state index contributed by atoms with van der Waals surface area (Å²) in [5.41, 5.74) is 0. The number of rotatable bonds is 0. The molecule has 0 aliphatic carbocycles. The second kappa shape index (κ2) is 3.95. The zero-order valence-corrected chi connectivity index (χ0v) is 9.45. The van der Waals surface area contributed by atoms with Gasteiger partial charge in [0.25, 0.3) is 0 Å². The SMILES string of the molecule is [I][V]([I])[I]. The molecule has 0 radical (unpaired) electrons. The van der Waals surface area contributed by atoms with Crippen LogP contribution in [0.25, 0.3) is 0 Å². The average molecular weight is 432 g/mol. The monoisotopic (exact) mass is 432 g/mol. The Hall–Kier alpha value is 2.77. The summed E-state index contributed by atoms with van der Waals surface area (Å²) in [6.45, 7) is 0. The molecule has 0 heterocycles. The van der Waals surface area contributed by atoms with Crippen molar-refractivity contribution in [2.75, 3.05) is 0 Å². The van der Waals surface area contributed by atoms with Crippen molar-refractivity contribution < 1.29 is 4.92 Å².